The van der Waals surface area contributed by atoms with E-state index in [-0.39, 0.29) is 18.0 Å². The lowest BCUT2D eigenvalue weighted by Gasteiger charge is -2.29. The number of nitrogens with zero attached hydrogens (tertiary/aromatic N) is 1. The molecular weight excluding hydrogens is 378 g/mol. The summed E-state index contributed by atoms with van der Waals surface area (Å²) in [6.07, 6.45) is 3.93. The fourth-order valence-electron chi connectivity index (χ4n) is 4.19. The predicted molar refractivity (Wildman–Crippen MR) is 116 cm³/mol. The maximum Gasteiger partial charge on any atom is 0.278 e. The molecule has 6 nitrogen and oxygen atoms in total. The van der Waals surface area contributed by atoms with Crippen molar-refractivity contribution < 1.29 is 14.1 Å². The van der Waals surface area contributed by atoms with E-state index < -0.39 is 0 Å². The molecule has 0 radical (unpaired) electrons. The molecule has 0 aliphatic carbocycles. The number of aryl methyl sites for hydroxylation is 1. The van der Waals surface area contributed by atoms with Gasteiger partial charge in [-0.15, -0.1) is 0 Å². The van der Waals surface area contributed by atoms with E-state index in [4.69, 9.17) is 4.42 Å². The van der Waals surface area contributed by atoms with Crippen molar-refractivity contribution in [2.75, 3.05) is 19.6 Å². The summed E-state index contributed by atoms with van der Waals surface area (Å²) >= 11 is 0. The van der Waals surface area contributed by atoms with Crippen LogP contribution in [-0.2, 0) is 17.9 Å². The molecule has 3 heterocycles. The number of hydrogen-bond acceptors (Lipinski definition) is 3. The van der Waals surface area contributed by atoms with E-state index in [1.54, 1.807) is 11.2 Å². The maximum absolute atomic E-state index is 13.2. The van der Waals surface area contributed by atoms with Gasteiger partial charge >= 0.3 is 0 Å². The van der Waals surface area contributed by atoms with Gasteiger partial charge in [-0.2, -0.15) is 0 Å². The van der Waals surface area contributed by atoms with Crippen LogP contribution in [-0.4, -0.2) is 35.4 Å². The van der Waals surface area contributed by atoms with Crippen LogP contribution in [0, 0.1) is 12.8 Å². The van der Waals surface area contributed by atoms with Crippen LogP contribution in [0.4, 0.5) is 0 Å². The van der Waals surface area contributed by atoms with Crippen molar-refractivity contribution in [1.29, 1.82) is 0 Å². The monoisotopic (exact) mass is 408 g/mol. The van der Waals surface area contributed by atoms with Gasteiger partial charge in [0.25, 0.3) is 11.5 Å². The molecule has 1 fully saturated rings. The van der Waals surface area contributed by atoms with Crippen molar-refractivity contribution in [2.45, 2.75) is 39.8 Å². The second-order valence-corrected chi connectivity index (χ2v) is 8.65. The van der Waals surface area contributed by atoms with Crippen molar-refractivity contribution in [3.05, 3.63) is 69.9 Å². The Kier molecular flexibility index (Phi) is 6.04. The topological polar surface area (TPSA) is 70.8 Å². The highest BCUT2D eigenvalue weighted by molar-refractivity contribution is 5.80. The molecule has 1 aliphatic rings. The fraction of sp³-hybridized carbons (Fsp3) is 0.417. The number of furan rings is 1. The number of piperidine rings is 1. The molecule has 2 aromatic heterocycles. The molecule has 0 unspecified atom stereocenters. The molecule has 2 N–H and O–H groups in total. The van der Waals surface area contributed by atoms with E-state index >= 15 is 0 Å². The van der Waals surface area contributed by atoms with Crippen LogP contribution in [0.25, 0.3) is 10.9 Å². The highest BCUT2D eigenvalue weighted by atomic mass is 16.3. The molecule has 1 amide bonds. The van der Waals surface area contributed by atoms with Gasteiger partial charge < -0.3 is 19.2 Å². The molecule has 0 atom stereocenters. The number of carbonyl (C=O) groups is 1. The van der Waals surface area contributed by atoms with Crippen LogP contribution < -0.4 is 10.5 Å². The van der Waals surface area contributed by atoms with E-state index in [0.29, 0.717) is 18.7 Å². The largest absolute Gasteiger partial charge is 0.467 e. The van der Waals surface area contributed by atoms with Crippen LogP contribution in [0.5, 0.6) is 0 Å². The number of aromatic amines is 1. The number of carbonyl (C=O) groups excluding carboxylic acids is 1. The van der Waals surface area contributed by atoms with Crippen molar-refractivity contribution in [1.82, 2.24) is 9.88 Å². The normalized spacial score (nSPS) is 19.1. The van der Waals surface area contributed by atoms with Gasteiger partial charge in [0.15, 0.2) is 6.54 Å². The summed E-state index contributed by atoms with van der Waals surface area (Å²) in [6, 6.07) is 11.5. The summed E-state index contributed by atoms with van der Waals surface area (Å²) < 4.78 is 5.49. The second kappa shape index (κ2) is 8.88. The standard InChI is InChI=1S/C24H29N3O3/c1-17-7-9-26(10-8-17)16-23(28)27(15-21-4-3-11-30-21)14-20-13-19-12-18(2)5-6-22(19)25-24(20)29/h3-6,11-13,17H,7-10,14-16H2,1-2H3,(H,25,29)/p+1. The molecule has 3 aromatic rings. The Balaban J connectivity index is 1.56. The number of H-pyrrole nitrogens is 1. The molecule has 0 saturated carbocycles. The van der Waals surface area contributed by atoms with Gasteiger partial charge in [0.05, 0.1) is 32.4 Å². The molecule has 0 spiro atoms. The van der Waals surface area contributed by atoms with Crippen LogP contribution in [0.1, 0.15) is 36.7 Å². The van der Waals surface area contributed by atoms with Crippen LogP contribution in [0.15, 0.2) is 51.9 Å². The van der Waals surface area contributed by atoms with Gasteiger partial charge in [0, 0.05) is 11.1 Å². The minimum atomic E-state index is -0.150. The van der Waals surface area contributed by atoms with Crippen LogP contribution >= 0.6 is 0 Å². The average molecular weight is 409 g/mol. The smallest absolute Gasteiger partial charge is 0.278 e. The number of fused-ring (bicyclic) bond motifs is 1. The molecule has 158 valence electrons. The lowest BCUT2D eigenvalue weighted by atomic mass is 9.99. The minimum absolute atomic E-state index is 0.0553. The quantitative estimate of drug-likeness (QED) is 0.657. The van der Waals surface area contributed by atoms with Crippen molar-refractivity contribution in [3.8, 4) is 0 Å². The maximum atomic E-state index is 13.2. The minimum Gasteiger partial charge on any atom is -0.467 e. The number of quaternary nitrogens is 1. The lowest BCUT2D eigenvalue weighted by molar-refractivity contribution is -0.898. The van der Waals surface area contributed by atoms with Crippen LogP contribution in [0.2, 0.25) is 0 Å². The van der Waals surface area contributed by atoms with Gasteiger partial charge in [-0.3, -0.25) is 9.59 Å². The van der Waals surface area contributed by atoms with Gasteiger partial charge in [0.2, 0.25) is 0 Å². The molecule has 30 heavy (non-hydrogen) atoms. The molecule has 1 aliphatic heterocycles. The first kappa shape index (κ1) is 20.4. The molecule has 4 rings (SSSR count). The Morgan fingerprint density at radius 1 is 1.20 bits per heavy atom. The fourth-order valence-corrected chi connectivity index (χ4v) is 4.19. The molecular formula is C24H30N3O3+. The highest BCUT2D eigenvalue weighted by Crippen LogP contribution is 2.15. The van der Waals surface area contributed by atoms with Gasteiger partial charge in [0.1, 0.15) is 5.76 Å². The number of pyridine rings is 1. The summed E-state index contributed by atoms with van der Waals surface area (Å²) in [4.78, 5) is 31.9. The number of benzene rings is 1. The SMILES string of the molecule is Cc1ccc2[nH]c(=O)c(CN(Cc3ccco3)C(=O)C[NH+]3CCC(C)CC3)cc2c1. The summed E-state index contributed by atoms with van der Waals surface area (Å²) in [6.45, 7) is 7.44. The van der Waals surface area contributed by atoms with E-state index in [1.165, 1.54) is 4.90 Å². The highest BCUT2D eigenvalue weighted by Gasteiger charge is 2.25. The number of nitrogens with one attached hydrogen (secondary N) is 2. The van der Waals surface area contributed by atoms with E-state index in [2.05, 4.69) is 11.9 Å². The number of amides is 1. The summed E-state index contributed by atoms with van der Waals surface area (Å²) in [5.74, 6) is 1.51. The zero-order valence-electron chi connectivity index (χ0n) is 17.7. The molecule has 0 bridgehead atoms. The zero-order valence-corrected chi connectivity index (χ0v) is 17.7. The third kappa shape index (κ3) is 4.82. The lowest BCUT2D eigenvalue weighted by Crippen LogP contribution is -3.14. The van der Waals surface area contributed by atoms with Gasteiger partial charge in [-0.05, 0) is 61.4 Å². The number of hydrogen-bond donors (Lipinski definition) is 2. The van der Waals surface area contributed by atoms with Crippen molar-refractivity contribution in [3.63, 3.8) is 0 Å². The molecule has 1 saturated heterocycles. The predicted octanol–water partition coefficient (Wildman–Crippen LogP) is 2.27. The number of rotatable bonds is 6. The van der Waals surface area contributed by atoms with Crippen molar-refractivity contribution >= 4 is 16.8 Å². The van der Waals surface area contributed by atoms with E-state index in [0.717, 1.165) is 54.1 Å². The summed E-state index contributed by atoms with van der Waals surface area (Å²) in [5, 5.41) is 0.977. The second-order valence-electron chi connectivity index (χ2n) is 8.65. The van der Waals surface area contributed by atoms with Crippen LogP contribution in [0.3, 0.4) is 0 Å². The summed E-state index contributed by atoms with van der Waals surface area (Å²) in [7, 11) is 0. The first-order valence-electron chi connectivity index (χ1n) is 10.7. The van der Waals surface area contributed by atoms with E-state index in [1.807, 2.05) is 43.3 Å². The Morgan fingerprint density at radius 3 is 2.73 bits per heavy atom. The summed E-state index contributed by atoms with van der Waals surface area (Å²) in [5.41, 5.74) is 2.38. The zero-order chi connectivity index (χ0) is 21.1. The van der Waals surface area contributed by atoms with E-state index in [9.17, 15) is 9.59 Å². The average Bonchev–Trinajstić information content (AvgIpc) is 3.23. The Morgan fingerprint density at radius 2 is 2.00 bits per heavy atom. The molecule has 1 aromatic carbocycles. The Labute approximate surface area is 176 Å². The van der Waals surface area contributed by atoms with Gasteiger partial charge in [-0.25, -0.2) is 0 Å². The first-order chi connectivity index (χ1) is 14.5. The Bertz CT molecular complexity index is 1060. The third-order valence-corrected chi connectivity index (χ3v) is 6.10. The number of aromatic nitrogens is 1. The van der Waals surface area contributed by atoms with Crippen molar-refractivity contribution in [2.24, 2.45) is 5.92 Å². The molecule has 6 heteroatoms. The Hall–Kier alpha value is -2.86. The third-order valence-electron chi connectivity index (χ3n) is 6.10. The van der Waals surface area contributed by atoms with Gasteiger partial charge in [-0.1, -0.05) is 18.6 Å². The number of likely N-dealkylation sites (tertiary alicyclic amines) is 1. The first-order valence-corrected chi connectivity index (χ1v) is 10.7.